The van der Waals surface area contributed by atoms with E-state index in [0.29, 0.717) is 10.9 Å². The predicted molar refractivity (Wildman–Crippen MR) is 84.6 cm³/mol. The highest BCUT2D eigenvalue weighted by atomic mass is 32.2. The topological polar surface area (TPSA) is 95.7 Å². The molecule has 0 spiro atoms. The van der Waals surface area contributed by atoms with Gasteiger partial charge in [-0.2, -0.15) is 0 Å². The third-order valence-electron chi connectivity index (χ3n) is 2.98. The fourth-order valence-corrected chi connectivity index (χ4v) is 3.26. The van der Waals surface area contributed by atoms with Gasteiger partial charge in [-0.3, -0.25) is 19.8 Å². The molecule has 1 aromatic carbocycles. The number of carbonyl (C=O) groups excluding carboxylic acids is 1. The monoisotopic (exact) mass is 339 g/mol. The molecule has 0 aliphatic carbocycles. The lowest BCUT2D eigenvalue weighted by Gasteiger charge is -2.15. The number of nitro groups is 1. The second-order valence-electron chi connectivity index (χ2n) is 4.25. The van der Waals surface area contributed by atoms with Crippen LogP contribution in [0.2, 0.25) is 0 Å². The number of thioether (sulfide) groups is 1. The van der Waals surface area contributed by atoms with E-state index in [1.165, 1.54) is 18.1 Å². The molecular weight excluding hydrogens is 328 g/mol. The van der Waals surface area contributed by atoms with Gasteiger partial charge in [-0.25, -0.2) is 0 Å². The van der Waals surface area contributed by atoms with E-state index in [1.54, 1.807) is 6.92 Å². The molecule has 1 aromatic rings. The quantitative estimate of drug-likeness (QED) is 0.358. The minimum atomic E-state index is -0.628. The van der Waals surface area contributed by atoms with Crippen LogP contribution in [0.1, 0.15) is 12.5 Å². The van der Waals surface area contributed by atoms with E-state index in [2.05, 4.69) is 0 Å². The Hall–Kier alpha value is -2.13. The number of hydrogen-bond donors (Lipinski definition) is 0. The minimum absolute atomic E-state index is 0.0163. The zero-order chi connectivity index (χ0) is 16.4. The third kappa shape index (κ3) is 2.90. The number of methoxy groups -OCH3 is 1. The van der Waals surface area contributed by atoms with Crippen LogP contribution in [0.5, 0.6) is 11.5 Å². The Kier molecular flexibility index (Phi) is 4.67. The maximum absolute atomic E-state index is 12.1. The van der Waals surface area contributed by atoms with Gasteiger partial charge < -0.3 is 9.84 Å². The summed E-state index contributed by atoms with van der Waals surface area (Å²) in [4.78, 5) is 24.1. The van der Waals surface area contributed by atoms with E-state index in [9.17, 15) is 20.0 Å². The molecule has 1 heterocycles. The molecule has 2 rings (SSSR count). The molecule has 1 amide bonds. The molecule has 116 valence electrons. The van der Waals surface area contributed by atoms with Crippen LogP contribution in [0.3, 0.4) is 0 Å². The van der Waals surface area contributed by atoms with Gasteiger partial charge in [0.25, 0.3) is 11.6 Å². The summed E-state index contributed by atoms with van der Waals surface area (Å²) in [7, 11) is 1.25. The maximum atomic E-state index is 12.1. The summed E-state index contributed by atoms with van der Waals surface area (Å²) in [5.41, 5.74) is -0.267. The van der Waals surface area contributed by atoms with Gasteiger partial charge >= 0.3 is 0 Å². The van der Waals surface area contributed by atoms with Crippen LogP contribution in [-0.2, 0) is 4.79 Å². The Morgan fingerprint density at radius 1 is 1.50 bits per heavy atom. The number of benzene rings is 1. The summed E-state index contributed by atoms with van der Waals surface area (Å²) in [6, 6.07) is 2.17. The molecule has 22 heavy (non-hydrogen) atoms. The van der Waals surface area contributed by atoms with Gasteiger partial charge in [0.15, 0.2) is 0 Å². The SMILES string of the molecule is CCN1C(=O)/C(=C\c2cc([N+](=O)[O-])cc(OC)c2[O-])SC1=S. The van der Waals surface area contributed by atoms with E-state index < -0.39 is 10.7 Å². The van der Waals surface area contributed by atoms with Crippen LogP contribution < -0.4 is 9.84 Å². The highest BCUT2D eigenvalue weighted by Crippen LogP contribution is 2.37. The number of non-ortho nitro benzene ring substituents is 1. The minimum Gasteiger partial charge on any atom is -0.870 e. The van der Waals surface area contributed by atoms with Crippen LogP contribution in [0.25, 0.3) is 6.08 Å². The molecule has 0 bridgehead atoms. The number of nitro benzene ring substituents is 1. The van der Waals surface area contributed by atoms with Gasteiger partial charge in [0, 0.05) is 12.6 Å². The van der Waals surface area contributed by atoms with Gasteiger partial charge in [0.1, 0.15) is 10.1 Å². The van der Waals surface area contributed by atoms with Crippen molar-refractivity contribution in [3.8, 4) is 11.5 Å². The van der Waals surface area contributed by atoms with E-state index in [4.69, 9.17) is 17.0 Å². The van der Waals surface area contributed by atoms with Crippen LogP contribution >= 0.6 is 24.0 Å². The summed E-state index contributed by atoms with van der Waals surface area (Å²) in [6.07, 6.45) is 1.31. The largest absolute Gasteiger partial charge is 0.870 e. The van der Waals surface area contributed by atoms with Gasteiger partial charge in [-0.1, -0.05) is 29.7 Å². The molecule has 0 radical (unpaired) electrons. The maximum Gasteiger partial charge on any atom is 0.273 e. The van der Waals surface area contributed by atoms with Crippen molar-refractivity contribution in [1.82, 2.24) is 4.90 Å². The molecule has 1 fully saturated rings. The summed E-state index contributed by atoms with van der Waals surface area (Å²) in [5.74, 6) is -0.983. The summed E-state index contributed by atoms with van der Waals surface area (Å²) >= 11 is 6.13. The molecule has 9 heteroatoms. The average molecular weight is 339 g/mol. The van der Waals surface area contributed by atoms with E-state index in [-0.39, 0.29) is 27.8 Å². The number of thiocarbonyl (C=S) groups is 1. The van der Waals surface area contributed by atoms with E-state index >= 15 is 0 Å². The lowest BCUT2D eigenvalue weighted by atomic mass is 10.1. The number of likely N-dealkylation sites (N-methyl/N-ethyl adjacent to an activating group) is 1. The van der Waals surface area contributed by atoms with E-state index in [0.717, 1.165) is 23.9 Å². The zero-order valence-corrected chi connectivity index (χ0v) is 13.3. The fraction of sp³-hybridized carbons (Fsp3) is 0.231. The molecule has 0 unspecified atom stereocenters. The molecule has 1 aliphatic heterocycles. The fourth-order valence-electron chi connectivity index (χ4n) is 1.89. The second-order valence-corrected chi connectivity index (χ2v) is 5.93. The van der Waals surface area contributed by atoms with Crippen molar-refractivity contribution >= 4 is 46.0 Å². The average Bonchev–Trinajstić information content (AvgIpc) is 2.74. The third-order valence-corrected chi connectivity index (χ3v) is 4.35. The molecule has 0 aromatic heterocycles. The van der Waals surface area contributed by atoms with Crippen molar-refractivity contribution < 1.29 is 19.6 Å². The molecule has 1 aliphatic rings. The molecule has 0 saturated carbocycles. The highest BCUT2D eigenvalue weighted by molar-refractivity contribution is 8.26. The number of nitrogens with zero attached hydrogens (tertiary/aromatic N) is 2. The van der Waals surface area contributed by atoms with Crippen molar-refractivity contribution in [2.75, 3.05) is 13.7 Å². The van der Waals surface area contributed by atoms with Crippen molar-refractivity contribution in [3.05, 3.63) is 32.7 Å². The first-order chi connectivity index (χ1) is 10.4. The molecule has 1 saturated heterocycles. The first-order valence-electron chi connectivity index (χ1n) is 6.17. The standard InChI is InChI=1S/C13H12N2O5S2/c1-3-14-12(17)10(22-13(14)21)5-7-4-8(15(18)19)6-9(20-2)11(7)16/h4-6,16H,3H2,1-2H3/p-1/b10-5+. The van der Waals surface area contributed by atoms with Crippen molar-refractivity contribution in [2.24, 2.45) is 0 Å². The van der Waals surface area contributed by atoms with Crippen LogP contribution in [0.4, 0.5) is 5.69 Å². The Morgan fingerprint density at radius 3 is 2.68 bits per heavy atom. The van der Waals surface area contributed by atoms with Crippen molar-refractivity contribution in [2.45, 2.75) is 6.92 Å². The highest BCUT2D eigenvalue weighted by Gasteiger charge is 2.30. The zero-order valence-electron chi connectivity index (χ0n) is 11.7. The Balaban J connectivity index is 2.51. The number of amides is 1. The Morgan fingerprint density at radius 2 is 2.18 bits per heavy atom. The van der Waals surface area contributed by atoms with Gasteiger partial charge in [-0.05, 0) is 18.6 Å². The predicted octanol–water partition coefficient (Wildman–Crippen LogP) is 1.90. The Bertz CT molecular complexity index is 702. The lowest BCUT2D eigenvalue weighted by Crippen LogP contribution is -2.27. The lowest BCUT2D eigenvalue weighted by molar-refractivity contribution is -0.385. The number of carbonyl (C=O) groups is 1. The smallest absolute Gasteiger partial charge is 0.273 e. The first-order valence-corrected chi connectivity index (χ1v) is 7.40. The number of ether oxygens (including phenoxy) is 1. The van der Waals surface area contributed by atoms with Crippen LogP contribution in [0.15, 0.2) is 17.0 Å². The normalized spacial score (nSPS) is 16.5. The molecule has 0 atom stereocenters. The van der Waals surface area contributed by atoms with Gasteiger partial charge in [-0.15, -0.1) is 0 Å². The van der Waals surface area contributed by atoms with Crippen LogP contribution in [0, 0.1) is 10.1 Å². The van der Waals surface area contributed by atoms with E-state index in [1.807, 2.05) is 0 Å². The Labute approximate surface area is 135 Å². The van der Waals surface area contributed by atoms with Gasteiger partial charge in [0.05, 0.1) is 23.0 Å². The van der Waals surface area contributed by atoms with Crippen molar-refractivity contribution in [1.29, 1.82) is 0 Å². The van der Waals surface area contributed by atoms with Gasteiger partial charge in [0.2, 0.25) is 0 Å². The summed E-state index contributed by atoms with van der Waals surface area (Å²) in [5, 5.41) is 23.1. The molecular formula is C13H11N2O5S2-. The summed E-state index contributed by atoms with van der Waals surface area (Å²) in [6.45, 7) is 2.20. The molecule has 0 N–H and O–H groups in total. The number of hydrogen-bond acceptors (Lipinski definition) is 7. The number of rotatable bonds is 4. The first kappa shape index (κ1) is 16.2. The summed E-state index contributed by atoms with van der Waals surface area (Å²) < 4.78 is 5.25. The second kappa shape index (κ2) is 6.32. The van der Waals surface area contributed by atoms with Crippen LogP contribution in [-0.4, -0.2) is 33.7 Å². The van der Waals surface area contributed by atoms with Crippen molar-refractivity contribution in [3.63, 3.8) is 0 Å². The molecule has 7 nitrogen and oxygen atoms in total.